The first kappa shape index (κ1) is 17.0. The van der Waals surface area contributed by atoms with Crippen molar-refractivity contribution >= 4 is 5.91 Å². The molecule has 0 spiro atoms. The number of benzene rings is 2. The standard InChI is InChI=1S/C19H24N2O2/c1-14(12-16-8-10-17(22)11-9-16)21-19(23)18(20-2)13-15-6-4-3-5-7-15/h3-11,14,18,20,22H,12-13H2,1-2H3,(H,21,23). The van der Waals surface area contributed by atoms with Crippen LogP contribution in [0.25, 0.3) is 0 Å². The van der Waals surface area contributed by atoms with E-state index in [1.165, 1.54) is 0 Å². The minimum atomic E-state index is -0.250. The molecule has 2 aromatic rings. The Hall–Kier alpha value is -2.33. The van der Waals surface area contributed by atoms with Crippen LogP contribution in [0.3, 0.4) is 0 Å². The van der Waals surface area contributed by atoms with Crippen molar-refractivity contribution in [3.63, 3.8) is 0 Å². The first-order chi connectivity index (χ1) is 11.1. The number of carbonyl (C=O) groups excluding carboxylic acids is 1. The number of phenolic OH excluding ortho intramolecular Hbond substituents is 1. The summed E-state index contributed by atoms with van der Waals surface area (Å²) < 4.78 is 0. The molecule has 0 saturated heterocycles. The molecule has 1 amide bonds. The summed E-state index contributed by atoms with van der Waals surface area (Å²) in [5.41, 5.74) is 2.22. The Kier molecular flexibility index (Phi) is 6.18. The normalized spacial score (nSPS) is 13.3. The molecule has 3 N–H and O–H groups in total. The van der Waals surface area contributed by atoms with Crippen molar-refractivity contribution in [2.45, 2.75) is 31.8 Å². The van der Waals surface area contributed by atoms with E-state index in [1.807, 2.05) is 49.4 Å². The van der Waals surface area contributed by atoms with Gasteiger partial charge in [0.1, 0.15) is 5.75 Å². The predicted octanol–water partition coefficient (Wildman–Crippen LogP) is 2.27. The number of hydrogen-bond acceptors (Lipinski definition) is 3. The Morgan fingerprint density at radius 3 is 2.22 bits per heavy atom. The molecule has 2 atom stereocenters. The molecule has 0 radical (unpaired) electrons. The smallest absolute Gasteiger partial charge is 0.237 e. The summed E-state index contributed by atoms with van der Waals surface area (Å²) in [6, 6.07) is 16.8. The van der Waals surface area contributed by atoms with Gasteiger partial charge in [-0.05, 0) is 50.1 Å². The second kappa shape index (κ2) is 8.34. The topological polar surface area (TPSA) is 61.4 Å². The highest BCUT2D eigenvalue weighted by atomic mass is 16.3. The zero-order chi connectivity index (χ0) is 16.7. The van der Waals surface area contributed by atoms with Gasteiger partial charge in [0.2, 0.25) is 5.91 Å². The summed E-state index contributed by atoms with van der Waals surface area (Å²) in [6.07, 6.45) is 1.39. The molecule has 0 aliphatic heterocycles. The SMILES string of the molecule is CNC(Cc1ccccc1)C(=O)NC(C)Cc1ccc(O)cc1. The van der Waals surface area contributed by atoms with E-state index in [-0.39, 0.29) is 23.7 Å². The van der Waals surface area contributed by atoms with Crippen LogP contribution in [-0.4, -0.2) is 30.1 Å². The highest BCUT2D eigenvalue weighted by molar-refractivity contribution is 5.82. The maximum atomic E-state index is 12.4. The third-order valence-electron chi connectivity index (χ3n) is 3.81. The van der Waals surface area contributed by atoms with Crippen LogP contribution in [0.15, 0.2) is 54.6 Å². The van der Waals surface area contributed by atoms with Crippen LogP contribution in [0.2, 0.25) is 0 Å². The fraction of sp³-hybridized carbons (Fsp3) is 0.316. The fourth-order valence-electron chi connectivity index (χ4n) is 2.56. The number of amides is 1. The molecule has 0 fully saturated rings. The van der Waals surface area contributed by atoms with E-state index in [1.54, 1.807) is 19.2 Å². The van der Waals surface area contributed by atoms with Gasteiger partial charge in [-0.15, -0.1) is 0 Å². The molecule has 2 aromatic carbocycles. The minimum absolute atomic E-state index is 0.00244. The van der Waals surface area contributed by atoms with Crippen molar-refractivity contribution in [1.29, 1.82) is 0 Å². The number of rotatable bonds is 7. The van der Waals surface area contributed by atoms with E-state index >= 15 is 0 Å². The van der Waals surface area contributed by atoms with Crippen LogP contribution < -0.4 is 10.6 Å². The quantitative estimate of drug-likeness (QED) is 0.735. The third kappa shape index (κ3) is 5.42. The summed E-state index contributed by atoms with van der Waals surface area (Å²) >= 11 is 0. The van der Waals surface area contributed by atoms with E-state index in [4.69, 9.17) is 0 Å². The molecule has 2 rings (SSSR count). The predicted molar refractivity (Wildman–Crippen MR) is 92.4 cm³/mol. The van der Waals surface area contributed by atoms with Crippen molar-refractivity contribution in [3.05, 3.63) is 65.7 Å². The van der Waals surface area contributed by atoms with Gasteiger partial charge in [-0.1, -0.05) is 42.5 Å². The average Bonchev–Trinajstić information content (AvgIpc) is 2.55. The second-order valence-corrected chi connectivity index (χ2v) is 5.81. The van der Waals surface area contributed by atoms with Gasteiger partial charge in [-0.3, -0.25) is 4.79 Å². The van der Waals surface area contributed by atoms with Crippen LogP contribution in [0.4, 0.5) is 0 Å². The molecule has 0 bridgehead atoms. The molecule has 0 saturated carbocycles. The Morgan fingerprint density at radius 1 is 1.00 bits per heavy atom. The van der Waals surface area contributed by atoms with E-state index in [0.717, 1.165) is 17.5 Å². The van der Waals surface area contributed by atoms with E-state index < -0.39 is 0 Å². The molecule has 4 nitrogen and oxygen atoms in total. The van der Waals surface area contributed by atoms with Crippen LogP contribution in [-0.2, 0) is 17.6 Å². The molecule has 4 heteroatoms. The second-order valence-electron chi connectivity index (χ2n) is 5.81. The van der Waals surface area contributed by atoms with Crippen LogP contribution >= 0.6 is 0 Å². The largest absolute Gasteiger partial charge is 0.508 e. The Balaban J connectivity index is 1.89. The zero-order valence-corrected chi connectivity index (χ0v) is 13.6. The van der Waals surface area contributed by atoms with Gasteiger partial charge in [-0.2, -0.15) is 0 Å². The van der Waals surface area contributed by atoms with Crippen molar-refractivity contribution in [2.24, 2.45) is 0 Å². The van der Waals surface area contributed by atoms with E-state index in [2.05, 4.69) is 10.6 Å². The lowest BCUT2D eigenvalue weighted by atomic mass is 10.0. The van der Waals surface area contributed by atoms with Crippen LogP contribution in [0.5, 0.6) is 5.75 Å². The first-order valence-electron chi connectivity index (χ1n) is 7.88. The molecule has 2 unspecified atom stereocenters. The summed E-state index contributed by atoms with van der Waals surface area (Å²) in [6.45, 7) is 1.99. The lowest BCUT2D eigenvalue weighted by molar-refractivity contribution is -0.123. The molecule has 23 heavy (non-hydrogen) atoms. The van der Waals surface area contributed by atoms with E-state index in [9.17, 15) is 9.90 Å². The summed E-state index contributed by atoms with van der Waals surface area (Å²) in [5, 5.41) is 15.4. The maximum absolute atomic E-state index is 12.4. The molecule has 0 aliphatic rings. The number of aromatic hydroxyl groups is 1. The Labute approximate surface area is 137 Å². The minimum Gasteiger partial charge on any atom is -0.508 e. The molecular weight excluding hydrogens is 288 g/mol. The number of hydrogen-bond donors (Lipinski definition) is 3. The first-order valence-corrected chi connectivity index (χ1v) is 7.88. The molecule has 0 aliphatic carbocycles. The van der Waals surface area contributed by atoms with Crippen LogP contribution in [0, 0.1) is 0 Å². The monoisotopic (exact) mass is 312 g/mol. The van der Waals surface area contributed by atoms with Gasteiger partial charge in [0.15, 0.2) is 0 Å². The highest BCUT2D eigenvalue weighted by Crippen LogP contribution is 2.11. The van der Waals surface area contributed by atoms with Crippen molar-refractivity contribution in [1.82, 2.24) is 10.6 Å². The van der Waals surface area contributed by atoms with Crippen molar-refractivity contribution < 1.29 is 9.90 Å². The summed E-state index contributed by atoms with van der Waals surface area (Å²) in [4.78, 5) is 12.4. The summed E-state index contributed by atoms with van der Waals surface area (Å²) in [5.74, 6) is 0.256. The fourth-order valence-corrected chi connectivity index (χ4v) is 2.56. The number of nitrogens with one attached hydrogen (secondary N) is 2. The Morgan fingerprint density at radius 2 is 1.61 bits per heavy atom. The molecule has 0 aromatic heterocycles. The van der Waals surface area contributed by atoms with Gasteiger partial charge >= 0.3 is 0 Å². The third-order valence-corrected chi connectivity index (χ3v) is 3.81. The summed E-state index contributed by atoms with van der Waals surface area (Å²) in [7, 11) is 1.80. The molecule has 122 valence electrons. The van der Waals surface area contributed by atoms with Gasteiger partial charge in [-0.25, -0.2) is 0 Å². The van der Waals surface area contributed by atoms with Crippen molar-refractivity contribution in [2.75, 3.05) is 7.05 Å². The van der Waals surface area contributed by atoms with Gasteiger partial charge in [0.25, 0.3) is 0 Å². The van der Waals surface area contributed by atoms with Gasteiger partial charge in [0.05, 0.1) is 6.04 Å². The Bertz CT molecular complexity index is 611. The highest BCUT2D eigenvalue weighted by Gasteiger charge is 2.18. The van der Waals surface area contributed by atoms with E-state index in [0.29, 0.717) is 6.42 Å². The zero-order valence-electron chi connectivity index (χ0n) is 13.6. The molecular formula is C19H24N2O2. The average molecular weight is 312 g/mol. The lowest BCUT2D eigenvalue weighted by Gasteiger charge is -2.20. The van der Waals surface area contributed by atoms with Crippen molar-refractivity contribution in [3.8, 4) is 5.75 Å². The lowest BCUT2D eigenvalue weighted by Crippen LogP contribution is -2.47. The van der Waals surface area contributed by atoms with Gasteiger partial charge < -0.3 is 15.7 Å². The number of carbonyl (C=O) groups is 1. The maximum Gasteiger partial charge on any atom is 0.237 e. The number of phenols is 1. The molecule has 0 heterocycles. The van der Waals surface area contributed by atoms with Crippen LogP contribution in [0.1, 0.15) is 18.1 Å². The van der Waals surface area contributed by atoms with Gasteiger partial charge in [0, 0.05) is 6.04 Å². The number of likely N-dealkylation sites (N-methyl/N-ethyl adjacent to an activating group) is 1.